The van der Waals surface area contributed by atoms with Crippen LogP contribution in [-0.2, 0) is 11.2 Å². The van der Waals surface area contributed by atoms with Gasteiger partial charge in [-0.05, 0) is 32.3 Å². The van der Waals surface area contributed by atoms with Crippen LogP contribution in [0.2, 0.25) is 0 Å². The molecule has 0 aliphatic rings. The van der Waals surface area contributed by atoms with Crippen molar-refractivity contribution in [2.45, 2.75) is 52.1 Å². The molecule has 1 rings (SSSR count). The summed E-state index contributed by atoms with van der Waals surface area (Å²) in [5.41, 5.74) is 1.14. The molecule has 1 aromatic rings. The summed E-state index contributed by atoms with van der Waals surface area (Å²) in [6.07, 6.45) is 1.91. The molecule has 0 aliphatic carbocycles. The summed E-state index contributed by atoms with van der Waals surface area (Å²) in [6.45, 7) is 8.60. The minimum Gasteiger partial charge on any atom is -0.350 e. The van der Waals surface area contributed by atoms with Gasteiger partial charge in [0.2, 0.25) is 5.91 Å². The van der Waals surface area contributed by atoms with Gasteiger partial charge >= 0.3 is 0 Å². The van der Waals surface area contributed by atoms with Gasteiger partial charge < -0.3 is 10.6 Å². The van der Waals surface area contributed by atoms with Gasteiger partial charge in [0.25, 0.3) is 0 Å². The summed E-state index contributed by atoms with van der Waals surface area (Å²) in [7, 11) is 0. The van der Waals surface area contributed by atoms with Crippen molar-refractivity contribution in [2.24, 2.45) is 0 Å². The summed E-state index contributed by atoms with van der Waals surface area (Å²) in [5, 5.41) is 6.21. The summed E-state index contributed by atoms with van der Waals surface area (Å²) >= 11 is 0. The zero-order valence-corrected chi connectivity index (χ0v) is 12.5. The Morgan fingerprint density at radius 1 is 1.21 bits per heavy atom. The fourth-order valence-electron chi connectivity index (χ4n) is 1.88. The van der Waals surface area contributed by atoms with Crippen LogP contribution in [-0.4, -0.2) is 24.0 Å². The number of aryl methyl sites for hydroxylation is 1. The highest BCUT2D eigenvalue weighted by atomic mass is 16.2. The molecular weight excluding hydrogens is 236 g/mol. The van der Waals surface area contributed by atoms with E-state index in [2.05, 4.69) is 36.6 Å². The Morgan fingerprint density at radius 2 is 1.84 bits per heavy atom. The quantitative estimate of drug-likeness (QED) is 0.793. The predicted octanol–water partition coefficient (Wildman–Crippen LogP) is 2.51. The van der Waals surface area contributed by atoms with Crippen LogP contribution in [0.5, 0.6) is 0 Å². The SMILES string of the molecule is CC(C)NCC(=O)NC(C)(C)CCc1ccccc1. The highest BCUT2D eigenvalue weighted by molar-refractivity contribution is 5.78. The first-order valence-electron chi connectivity index (χ1n) is 6.97. The maximum absolute atomic E-state index is 11.8. The van der Waals surface area contributed by atoms with Crippen LogP contribution in [0, 0.1) is 0 Å². The lowest BCUT2D eigenvalue weighted by molar-refractivity contribution is -0.122. The van der Waals surface area contributed by atoms with Crippen LogP contribution in [0.15, 0.2) is 30.3 Å². The van der Waals surface area contributed by atoms with Crippen LogP contribution in [0.1, 0.15) is 39.7 Å². The molecule has 1 amide bonds. The van der Waals surface area contributed by atoms with Gasteiger partial charge in [0.1, 0.15) is 0 Å². The van der Waals surface area contributed by atoms with Crippen molar-refractivity contribution in [3.8, 4) is 0 Å². The summed E-state index contributed by atoms with van der Waals surface area (Å²) in [4.78, 5) is 11.8. The Hall–Kier alpha value is -1.35. The van der Waals surface area contributed by atoms with Crippen molar-refractivity contribution >= 4 is 5.91 Å². The predicted molar refractivity (Wildman–Crippen MR) is 80.1 cm³/mol. The Bertz CT molecular complexity index is 385. The zero-order valence-electron chi connectivity index (χ0n) is 12.5. The smallest absolute Gasteiger partial charge is 0.234 e. The van der Waals surface area contributed by atoms with Gasteiger partial charge in [0, 0.05) is 11.6 Å². The molecule has 0 saturated heterocycles. The zero-order chi connectivity index (χ0) is 14.3. The molecule has 0 saturated carbocycles. The largest absolute Gasteiger partial charge is 0.350 e. The number of rotatable bonds is 7. The van der Waals surface area contributed by atoms with E-state index in [1.807, 2.05) is 32.0 Å². The van der Waals surface area contributed by atoms with E-state index >= 15 is 0 Å². The normalized spacial score (nSPS) is 11.6. The van der Waals surface area contributed by atoms with Gasteiger partial charge in [-0.3, -0.25) is 4.79 Å². The summed E-state index contributed by atoms with van der Waals surface area (Å²) < 4.78 is 0. The van der Waals surface area contributed by atoms with E-state index in [1.165, 1.54) is 5.56 Å². The van der Waals surface area contributed by atoms with Crippen molar-refractivity contribution in [1.29, 1.82) is 0 Å². The number of carbonyl (C=O) groups excluding carboxylic acids is 1. The third-order valence-electron chi connectivity index (χ3n) is 3.03. The van der Waals surface area contributed by atoms with E-state index < -0.39 is 0 Å². The average molecular weight is 262 g/mol. The summed E-state index contributed by atoms with van der Waals surface area (Å²) in [5.74, 6) is 0.0618. The lowest BCUT2D eigenvalue weighted by atomic mass is 9.95. The highest BCUT2D eigenvalue weighted by Crippen LogP contribution is 2.13. The molecule has 0 radical (unpaired) electrons. The Balaban J connectivity index is 2.36. The molecule has 0 spiro atoms. The van der Waals surface area contributed by atoms with Gasteiger partial charge in [0.15, 0.2) is 0 Å². The Kier molecular flexibility index (Phi) is 6.03. The van der Waals surface area contributed by atoms with Crippen LogP contribution in [0.4, 0.5) is 0 Å². The van der Waals surface area contributed by atoms with E-state index in [4.69, 9.17) is 0 Å². The molecular formula is C16H26N2O. The molecule has 0 aliphatic heterocycles. The molecule has 0 aromatic heterocycles. The van der Waals surface area contributed by atoms with Crippen LogP contribution < -0.4 is 10.6 Å². The first-order valence-corrected chi connectivity index (χ1v) is 6.97. The highest BCUT2D eigenvalue weighted by Gasteiger charge is 2.19. The van der Waals surface area contributed by atoms with Gasteiger partial charge in [-0.15, -0.1) is 0 Å². The lowest BCUT2D eigenvalue weighted by Crippen LogP contribution is -2.48. The van der Waals surface area contributed by atoms with Gasteiger partial charge in [-0.1, -0.05) is 44.2 Å². The molecule has 0 heterocycles. The van der Waals surface area contributed by atoms with Crippen molar-refractivity contribution < 1.29 is 4.79 Å². The number of carbonyl (C=O) groups is 1. The van der Waals surface area contributed by atoms with E-state index in [9.17, 15) is 4.79 Å². The average Bonchev–Trinajstić information content (AvgIpc) is 2.35. The molecule has 1 aromatic carbocycles. The first-order chi connectivity index (χ1) is 8.89. The maximum atomic E-state index is 11.8. The fourth-order valence-corrected chi connectivity index (χ4v) is 1.88. The van der Waals surface area contributed by atoms with Crippen molar-refractivity contribution in [3.63, 3.8) is 0 Å². The third kappa shape index (κ3) is 6.97. The number of amides is 1. The molecule has 2 N–H and O–H groups in total. The molecule has 106 valence electrons. The molecule has 3 heteroatoms. The van der Waals surface area contributed by atoms with Crippen LogP contribution in [0.3, 0.4) is 0 Å². The van der Waals surface area contributed by atoms with E-state index in [0.29, 0.717) is 12.6 Å². The van der Waals surface area contributed by atoms with Crippen LogP contribution >= 0.6 is 0 Å². The van der Waals surface area contributed by atoms with Crippen molar-refractivity contribution in [2.75, 3.05) is 6.54 Å². The minimum atomic E-state index is -0.175. The van der Waals surface area contributed by atoms with E-state index in [1.54, 1.807) is 0 Å². The number of hydrogen-bond donors (Lipinski definition) is 2. The van der Waals surface area contributed by atoms with Gasteiger partial charge in [-0.2, -0.15) is 0 Å². The number of hydrogen-bond acceptors (Lipinski definition) is 2. The van der Waals surface area contributed by atoms with Crippen LogP contribution in [0.25, 0.3) is 0 Å². The van der Waals surface area contributed by atoms with E-state index in [-0.39, 0.29) is 11.4 Å². The lowest BCUT2D eigenvalue weighted by Gasteiger charge is -2.26. The standard InChI is InChI=1S/C16H26N2O/c1-13(2)17-12-15(19)18-16(3,4)11-10-14-8-6-5-7-9-14/h5-9,13,17H,10-12H2,1-4H3,(H,18,19). The second-order valence-electron chi connectivity index (χ2n) is 5.95. The second kappa shape index (κ2) is 7.29. The molecule has 0 bridgehead atoms. The molecule has 0 atom stereocenters. The van der Waals surface area contributed by atoms with Crippen molar-refractivity contribution in [1.82, 2.24) is 10.6 Å². The summed E-state index contributed by atoms with van der Waals surface area (Å²) in [6, 6.07) is 10.7. The van der Waals surface area contributed by atoms with Gasteiger partial charge in [-0.25, -0.2) is 0 Å². The first kappa shape index (κ1) is 15.7. The molecule has 0 unspecified atom stereocenters. The number of nitrogens with one attached hydrogen (secondary N) is 2. The maximum Gasteiger partial charge on any atom is 0.234 e. The Morgan fingerprint density at radius 3 is 2.42 bits per heavy atom. The molecule has 19 heavy (non-hydrogen) atoms. The van der Waals surface area contributed by atoms with E-state index in [0.717, 1.165) is 12.8 Å². The second-order valence-corrected chi connectivity index (χ2v) is 5.95. The fraction of sp³-hybridized carbons (Fsp3) is 0.562. The Labute approximate surface area is 116 Å². The van der Waals surface area contributed by atoms with Crippen molar-refractivity contribution in [3.05, 3.63) is 35.9 Å². The molecule has 3 nitrogen and oxygen atoms in total. The monoisotopic (exact) mass is 262 g/mol. The topological polar surface area (TPSA) is 41.1 Å². The molecule has 0 fully saturated rings. The van der Waals surface area contributed by atoms with Gasteiger partial charge in [0.05, 0.1) is 6.54 Å². The minimum absolute atomic E-state index is 0.0618. The third-order valence-corrected chi connectivity index (χ3v) is 3.03. The number of benzene rings is 1.